The van der Waals surface area contributed by atoms with Gasteiger partial charge in [0.05, 0.1) is 17.9 Å². The third kappa shape index (κ3) is 3.12. The molecule has 1 N–H and O–H groups in total. The van der Waals surface area contributed by atoms with Crippen molar-refractivity contribution in [1.29, 1.82) is 0 Å². The molecule has 21 heavy (non-hydrogen) atoms. The van der Waals surface area contributed by atoms with Crippen LogP contribution >= 0.6 is 0 Å². The van der Waals surface area contributed by atoms with E-state index in [1.807, 2.05) is 20.8 Å². The van der Waals surface area contributed by atoms with Crippen LogP contribution in [0.1, 0.15) is 54.8 Å². The average Bonchev–Trinajstić information content (AvgIpc) is 2.97. The monoisotopic (exact) mass is 288 g/mol. The number of nitrogens with one attached hydrogen (secondary N) is 1. The molecule has 2 aromatic rings. The van der Waals surface area contributed by atoms with Crippen molar-refractivity contribution in [2.45, 2.75) is 65.5 Å². The van der Waals surface area contributed by atoms with Crippen molar-refractivity contribution in [3.8, 4) is 0 Å². The van der Waals surface area contributed by atoms with Crippen LogP contribution in [0, 0.1) is 20.8 Å². The molecule has 0 amide bonds. The van der Waals surface area contributed by atoms with Crippen molar-refractivity contribution >= 4 is 5.95 Å². The predicted molar refractivity (Wildman–Crippen MR) is 82.5 cm³/mol. The fraction of sp³-hybridized carbons (Fsp3) is 0.625. The van der Waals surface area contributed by atoms with E-state index in [-0.39, 0.29) is 0 Å². The Balaban J connectivity index is 1.79. The minimum absolute atomic E-state index is 0.559. The van der Waals surface area contributed by atoms with Gasteiger partial charge in [-0.3, -0.25) is 0 Å². The summed E-state index contributed by atoms with van der Waals surface area (Å²) in [7, 11) is 0. The molecule has 0 saturated heterocycles. The Morgan fingerprint density at radius 2 is 2.00 bits per heavy atom. The zero-order valence-corrected chi connectivity index (χ0v) is 13.1. The molecule has 1 aliphatic carbocycles. The molecule has 0 bridgehead atoms. The standard InChI is InChI=1S/C16H24N4O/c1-11-9-20(10-15-12(2)19-21-13(15)3)16(17-11)18-14-7-5-4-6-8-14/h9,14H,4-8,10H2,1-3H3,(H,17,18). The number of aryl methyl sites for hydroxylation is 3. The Bertz CT molecular complexity index is 588. The first kappa shape index (κ1) is 14.2. The normalized spacial score (nSPS) is 16.3. The van der Waals surface area contributed by atoms with Gasteiger partial charge in [0, 0.05) is 17.8 Å². The molecule has 0 aliphatic heterocycles. The summed E-state index contributed by atoms with van der Waals surface area (Å²) in [6, 6.07) is 0.559. The molecule has 0 atom stereocenters. The van der Waals surface area contributed by atoms with E-state index in [1.165, 1.54) is 32.1 Å². The summed E-state index contributed by atoms with van der Waals surface area (Å²) in [4.78, 5) is 4.65. The van der Waals surface area contributed by atoms with Crippen LogP contribution in [0.4, 0.5) is 5.95 Å². The molecule has 0 aromatic carbocycles. The van der Waals surface area contributed by atoms with Crippen LogP contribution in [0.2, 0.25) is 0 Å². The van der Waals surface area contributed by atoms with E-state index in [0.717, 1.165) is 35.2 Å². The van der Waals surface area contributed by atoms with Crippen molar-refractivity contribution in [2.75, 3.05) is 5.32 Å². The van der Waals surface area contributed by atoms with Crippen LogP contribution in [0.25, 0.3) is 0 Å². The molecule has 0 radical (unpaired) electrons. The number of rotatable bonds is 4. The van der Waals surface area contributed by atoms with Crippen LogP contribution in [0.3, 0.4) is 0 Å². The third-order valence-corrected chi connectivity index (χ3v) is 4.35. The highest BCUT2D eigenvalue weighted by Crippen LogP contribution is 2.23. The molecule has 2 heterocycles. The van der Waals surface area contributed by atoms with Gasteiger partial charge in [0.1, 0.15) is 5.76 Å². The second-order valence-electron chi connectivity index (χ2n) is 6.12. The molecule has 0 spiro atoms. The highest BCUT2D eigenvalue weighted by atomic mass is 16.5. The predicted octanol–water partition coefficient (Wildman–Crippen LogP) is 3.59. The summed E-state index contributed by atoms with van der Waals surface area (Å²) in [5, 5.41) is 7.66. The Morgan fingerprint density at radius 1 is 1.24 bits per heavy atom. The largest absolute Gasteiger partial charge is 0.361 e. The maximum atomic E-state index is 5.26. The van der Waals surface area contributed by atoms with Crippen LogP contribution in [0.15, 0.2) is 10.7 Å². The van der Waals surface area contributed by atoms with Gasteiger partial charge in [-0.1, -0.05) is 24.4 Å². The minimum atomic E-state index is 0.559. The van der Waals surface area contributed by atoms with Crippen LogP contribution in [-0.2, 0) is 6.54 Å². The van der Waals surface area contributed by atoms with Crippen molar-refractivity contribution in [3.05, 3.63) is 28.9 Å². The first-order valence-electron chi connectivity index (χ1n) is 7.85. The smallest absolute Gasteiger partial charge is 0.203 e. The molecule has 114 valence electrons. The summed E-state index contributed by atoms with van der Waals surface area (Å²) in [5.74, 6) is 1.86. The zero-order valence-electron chi connectivity index (χ0n) is 13.1. The van der Waals surface area contributed by atoms with Crippen LogP contribution in [-0.4, -0.2) is 20.7 Å². The topological polar surface area (TPSA) is 55.9 Å². The van der Waals surface area contributed by atoms with Gasteiger partial charge in [0.2, 0.25) is 5.95 Å². The Labute approximate surface area is 125 Å². The lowest BCUT2D eigenvalue weighted by molar-refractivity contribution is 0.392. The van der Waals surface area contributed by atoms with Gasteiger partial charge in [-0.05, 0) is 33.6 Å². The van der Waals surface area contributed by atoms with E-state index in [4.69, 9.17) is 4.52 Å². The van der Waals surface area contributed by atoms with Gasteiger partial charge < -0.3 is 14.4 Å². The van der Waals surface area contributed by atoms with Crippen molar-refractivity contribution in [2.24, 2.45) is 0 Å². The molecule has 5 nitrogen and oxygen atoms in total. The molecule has 3 rings (SSSR count). The zero-order chi connectivity index (χ0) is 14.8. The summed E-state index contributed by atoms with van der Waals surface area (Å²) in [5.41, 5.74) is 3.15. The second kappa shape index (κ2) is 5.92. The van der Waals surface area contributed by atoms with Crippen LogP contribution in [0.5, 0.6) is 0 Å². The molecule has 1 fully saturated rings. The summed E-state index contributed by atoms with van der Waals surface area (Å²) < 4.78 is 7.44. The van der Waals surface area contributed by atoms with E-state index in [9.17, 15) is 0 Å². The Hall–Kier alpha value is -1.78. The molecule has 2 aromatic heterocycles. The first-order valence-corrected chi connectivity index (χ1v) is 7.85. The maximum Gasteiger partial charge on any atom is 0.203 e. The van der Waals surface area contributed by atoms with E-state index in [0.29, 0.717) is 6.04 Å². The van der Waals surface area contributed by atoms with E-state index < -0.39 is 0 Å². The van der Waals surface area contributed by atoms with E-state index in [1.54, 1.807) is 0 Å². The minimum Gasteiger partial charge on any atom is -0.361 e. The maximum absolute atomic E-state index is 5.26. The number of imidazole rings is 1. The van der Waals surface area contributed by atoms with Crippen molar-refractivity contribution in [3.63, 3.8) is 0 Å². The van der Waals surface area contributed by atoms with E-state index >= 15 is 0 Å². The highest BCUT2D eigenvalue weighted by Gasteiger charge is 2.17. The number of nitrogens with zero attached hydrogens (tertiary/aromatic N) is 3. The lowest BCUT2D eigenvalue weighted by Crippen LogP contribution is -2.24. The number of anilines is 1. The van der Waals surface area contributed by atoms with Gasteiger partial charge in [-0.2, -0.15) is 0 Å². The SMILES string of the molecule is Cc1cn(Cc2c(C)noc2C)c(NC2CCCCC2)n1. The van der Waals surface area contributed by atoms with Crippen molar-refractivity contribution < 1.29 is 4.52 Å². The van der Waals surface area contributed by atoms with Gasteiger partial charge in [0.25, 0.3) is 0 Å². The number of aromatic nitrogens is 3. The average molecular weight is 288 g/mol. The molecule has 0 unspecified atom stereocenters. The van der Waals surface area contributed by atoms with E-state index in [2.05, 4.69) is 26.2 Å². The highest BCUT2D eigenvalue weighted by molar-refractivity contribution is 5.33. The lowest BCUT2D eigenvalue weighted by atomic mass is 9.96. The summed E-state index contributed by atoms with van der Waals surface area (Å²) in [6.45, 7) is 6.75. The number of hydrogen-bond donors (Lipinski definition) is 1. The number of hydrogen-bond acceptors (Lipinski definition) is 4. The second-order valence-corrected chi connectivity index (χ2v) is 6.12. The van der Waals surface area contributed by atoms with Crippen molar-refractivity contribution in [1.82, 2.24) is 14.7 Å². The first-order chi connectivity index (χ1) is 10.1. The molecule has 1 saturated carbocycles. The molecular formula is C16H24N4O. The van der Waals surface area contributed by atoms with Gasteiger partial charge in [-0.25, -0.2) is 4.98 Å². The fourth-order valence-electron chi connectivity index (χ4n) is 3.11. The summed E-state index contributed by atoms with van der Waals surface area (Å²) >= 11 is 0. The Kier molecular flexibility index (Phi) is 3.99. The van der Waals surface area contributed by atoms with Gasteiger partial charge in [-0.15, -0.1) is 0 Å². The quantitative estimate of drug-likeness (QED) is 0.934. The Morgan fingerprint density at radius 3 is 2.67 bits per heavy atom. The summed E-state index contributed by atoms with van der Waals surface area (Å²) in [6.07, 6.45) is 8.60. The van der Waals surface area contributed by atoms with Gasteiger partial charge in [0.15, 0.2) is 0 Å². The lowest BCUT2D eigenvalue weighted by Gasteiger charge is -2.23. The molecular weight excluding hydrogens is 264 g/mol. The fourth-order valence-corrected chi connectivity index (χ4v) is 3.11. The van der Waals surface area contributed by atoms with Crippen LogP contribution < -0.4 is 5.32 Å². The molecule has 1 aliphatic rings. The third-order valence-electron chi connectivity index (χ3n) is 4.35. The molecule has 5 heteroatoms. The van der Waals surface area contributed by atoms with Gasteiger partial charge >= 0.3 is 0 Å².